The fourth-order valence-electron chi connectivity index (χ4n) is 4.08. The molecule has 1 unspecified atom stereocenters. The number of hydrogen-bond acceptors (Lipinski definition) is 2. The van der Waals surface area contributed by atoms with Crippen LogP contribution in [-0.2, 0) is 9.59 Å². The number of rotatable bonds is 8. The second-order valence-electron chi connectivity index (χ2n) is 8.89. The third-order valence-electron chi connectivity index (χ3n) is 6.44. The van der Waals surface area contributed by atoms with E-state index >= 15 is 0 Å². The third kappa shape index (κ3) is 6.01. The van der Waals surface area contributed by atoms with Gasteiger partial charge in [-0.25, -0.2) is 0 Å². The van der Waals surface area contributed by atoms with Crippen LogP contribution in [0.5, 0.6) is 0 Å². The Morgan fingerprint density at radius 2 is 1.67 bits per heavy atom. The maximum Gasteiger partial charge on any atom is 0.392 e. The first-order chi connectivity index (χ1) is 15.3. The van der Waals surface area contributed by atoms with Gasteiger partial charge in [0.15, 0.2) is 0 Å². The lowest BCUT2D eigenvalue weighted by Gasteiger charge is -2.27. The Hall–Kier alpha value is -2.25. The Morgan fingerprint density at radius 3 is 2.18 bits per heavy atom. The Bertz CT molecular complexity index is 1040. The Balaban J connectivity index is 1.94. The van der Waals surface area contributed by atoms with E-state index in [0.717, 1.165) is 19.8 Å². The molecule has 1 saturated carbocycles. The average Bonchev–Trinajstić information content (AvgIpc) is 3.47. The summed E-state index contributed by atoms with van der Waals surface area (Å²) in [6.45, 7) is 2.95. The first-order valence-corrected chi connectivity index (χ1v) is 11.2. The minimum Gasteiger partial charge on any atom is -0.481 e. The molecule has 178 valence electrons. The number of anilines is 1. The number of carbonyl (C=O) groups is 2. The number of carboxylic acids is 1. The van der Waals surface area contributed by atoms with Crippen molar-refractivity contribution < 1.29 is 27.9 Å². The number of halogens is 5. The number of alkyl halides is 3. The molecule has 9 heteroatoms. The summed E-state index contributed by atoms with van der Waals surface area (Å²) in [6.07, 6.45) is -2.96. The van der Waals surface area contributed by atoms with Gasteiger partial charge in [0, 0.05) is 5.02 Å². The maximum absolute atomic E-state index is 13.6. The summed E-state index contributed by atoms with van der Waals surface area (Å²) < 4.78 is 40.8. The molecule has 0 saturated heterocycles. The van der Waals surface area contributed by atoms with E-state index in [-0.39, 0.29) is 34.0 Å². The summed E-state index contributed by atoms with van der Waals surface area (Å²) in [5, 5.41) is 12.4. The average molecular weight is 502 g/mol. The molecular formula is C24H24Cl2F3NO3. The van der Waals surface area contributed by atoms with Crippen LogP contribution in [0.4, 0.5) is 18.9 Å². The Morgan fingerprint density at radius 1 is 1.09 bits per heavy atom. The lowest BCUT2D eigenvalue weighted by molar-refractivity contribution is -0.178. The molecule has 0 heterocycles. The first-order valence-electron chi connectivity index (χ1n) is 10.5. The highest BCUT2D eigenvalue weighted by atomic mass is 35.5. The van der Waals surface area contributed by atoms with Crippen molar-refractivity contribution in [3.05, 3.63) is 63.6 Å². The monoisotopic (exact) mass is 501 g/mol. The van der Waals surface area contributed by atoms with Gasteiger partial charge in [0.2, 0.25) is 5.91 Å². The minimum absolute atomic E-state index is 0.0932. The summed E-state index contributed by atoms with van der Waals surface area (Å²) in [6, 6.07) is 10.4. The van der Waals surface area contributed by atoms with Crippen LogP contribution in [0.2, 0.25) is 10.0 Å². The quantitative estimate of drug-likeness (QED) is 0.399. The van der Waals surface area contributed by atoms with Gasteiger partial charge in [-0.05, 0) is 59.6 Å². The van der Waals surface area contributed by atoms with Crippen molar-refractivity contribution in [1.29, 1.82) is 0 Å². The van der Waals surface area contributed by atoms with Crippen LogP contribution in [0.3, 0.4) is 0 Å². The van der Waals surface area contributed by atoms with Crippen molar-refractivity contribution in [2.24, 2.45) is 11.3 Å². The van der Waals surface area contributed by atoms with Crippen LogP contribution in [0.1, 0.15) is 56.1 Å². The summed E-state index contributed by atoms with van der Waals surface area (Å²) in [5.41, 5.74) is 0.809. The number of hydrogen-bond donors (Lipinski definition) is 2. The second kappa shape index (κ2) is 9.55. The lowest BCUT2D eigenvalue weighted by atomic mass is 9.82. The highest BCUT2D eigenvalue weighted by Crippen LogP contribution is 2.57. The molecule has 0 spiro atoms. The van der Waals surface area contributed by atoms with Gasteiger partial charge in [0.25, 0.3) is 0 Å². The third-order valence-corrected chi connectivity index (χ3v) is 7.02. The van der Waals surface area contributed by atoms with Crippen molar-refractivity contribution in [2.75, 3.05) is 5.32 Å². The van der Waals surface area contributed by atoms with Crippen LogP contribution in [0.15, 0.2) is 42.5 Å². The predicted molar refractivity (Wildman–Crippen MR) is 122 cm³/mol. The second-order valence-corrected chi connectivity index (χ2v) is 9.74. The summed E-state index contributed by atoms with van der Waals surface area (Å²) in [7, 11) is 0. The molecule has 3 atom stereocenters. The summed E-state index contributed by atoms with van der Waals surface area (Å²) in [4.78, 5) is 24.5. The van der Waals surface area contributed by atoms with E-state index in [0.29, 0.717) is 10.6 Å². The van der Waals surface area contributed by atoms with Crippen LogP contribution < -0.4 is 5.32 Å². The van der Waals surface area contributed by atoms with E-state index in [2.05, 4.69) is 5.32 Å². The normalized spacial score (nSPS) is 17.7. The van der Waals surface area contributed by atoms with Crippen molar-refractivity contribution in [2.45, 2.75) is 51.1 Å². The number of carbonyl (C=O) groups excluding carboxylic acids is 1. The molecule has 2 aromatic rings. The van der Waals surface area contributed by atoms with Crippen LogP contribution in [0, 0.1) is 11.3 Å². The molecule has 1 amide bonds. The minimum atomic E-state index is -4.61. The molecule has 4 nitrogen and oxygen atoms in total. The number of benzene rings is 2. The number of amides is 1. The van der Waals surface area contributed by atoms with Crippen molar-refractivity contribution in [3.63, 3.8) is 0 Å². The van der Waals surface area contributed by atoms with E-state index < -0.39 is 29.9 Å². The zero-order valence-electron chi connectivity index (χ0n) is 18.0. The molecule has 2 aromatic carbocycles. The standard InChI is InChI=1S/C24H24Cl2F3NO3/c1-13(24(27,28)29)21(14-3-6-16(25)7-4-14)22(33)30-19-11-15(5-8-18(19)26)17(12-20(31)32)23(2)9-10-23/h3-8,11,13,17,21H,9-10,12H2,1-2H3,(H,30,33)(H,31,32)/t13-,17?,21+/m1/s1. The van der Waals surface area contributed by atoms with Gasteiger partial charge >= 0.3 is 12.1 Å². The van der Waals surface area contributed by atoms with E-state index in [4.69, 9.17) is 23.2 Å². The van der Waals surface area contributed by atoms with Crippen molar-refractivity contribution >= 4 is 40.8 Å². The molecule has 0 radical (unpaired) electrons. The van der Waals surface area contributed by atoms with Crippen LogP contribution >= 0.6 is 23.2 Å². The van der Waals surface area contributed by atoms with Gasteiger partial charge < -0.3 is 10.4 Å². The number of aliphatic carboxylic acids is 1. The highest BCUT2D eigenvalue weighted by molar-refractivity contribution is 6.33. The van der Waals surface area contributed by atoms with Crippen molar-refractivity contribution in [1.82, 2.24) is 0 Å². The van der Waals surface area contributed by atoms with E-state index in [1.54, 1.807) is 12.1 Å². The largest absolute Gasteiger partial charge is 0.481 e. The van der Waals surface area contributed by atoms with Gasteiger partial charge in [-0.3, -0.25) is 9.59 Å². The van der Waals surface area contributed by atoms with Crippen LogP contribution in [-0.4, -0.2) is 23.2 Å². The molecule has 0 aliphatic heterocycles. The zero-order chi connectivity index (χ0) is 24.6. The molecule has 33 heavy (non-hydrogen) atoms. The molecule has 0 bridgehead atoms. The lowest BCUT2D eigenvalue weighted by Crippen LogP contribution is -2.34. The van der Waals surface area contributed by atoms with Crippen molar-refractivity contribution in [3.8, 4) is 0 Å². The molecule has 1 fully saturated rings. The van der Waals surface area contributed by atoms with Gasteiger partial charge in [-0.1, -0.05) is 55.2 Å². The Labute approximate surface area is 200 Å². The predicted octanol–water partition coefficient (Wildman–Crippen LogP) is 7.27. The SMILES string of the molecule is C[C@H]([C@H](C(=O)Nc1cc(C(CC(=O)O)C2(C)CC2)ccc1Cl)c1ccc(Cl)cc1)C(F)(F)F. The first kappa shape index (κ1) is 25.4. The molecule has 1 aliphatic carbocycles. The zero-order valence-corrected chi connectivity index (χ0v) is 19.6. The molecule has 3 rings (SSSR count). The van der Waals surface area contributed by atoms with Crippen LogP contribution in [0.25, 0.3) is 0 Å². The van der Waals surface area contributed by atoms with E-state index in [9.17, 15) is 27.9 Å². The van der Waals surface area contributed by atoms with Gasteiger partial charge in [-0.15, -0.1) is 0 Å². The fourth-order valence-corrected chi connectivity index (χ4v) is 4.37. The maximum atomic E-state index is 13.6. The molecular weight excluding hydrogens is 478 g/mol. The molecule has 0 aromatic heterocycles. The van der Waals surface area contributed by atoms with Gasteiger partial charge in [0.1, 0.15) is 0 Å². The molecule has 1 aliphatic rings. The molecule has 2 N–H and O–H groups in total. The van der Waals surface area contributed by atoms with Gasteiger partial charge in [-0.2, -0.15) is 13.2 Å². The highest BCUT2D eigenvalue weighted by Gasteiger charge is 2.47. The Kier molecular flexibility index (Phi) is 7.34. The smallest absolute Gasteiger partial charge is 0.392 e. The number of carboxylic acid groups (broad SMARTS) is 1. The summed E-state index contributed by atoms with van der Waals surface area (Å²) in [5.74, 6) is -5.61. The van der Waals surface area contributed by atoms with Gasteiger partial charge in [0.05, 0.1) is 29.0 Å². The topological polar surface area (TPSA) is 66.4 Å². The number of nitrogens with one attached hydrogen (secondary N) is 1. The summed E-state index contributed by atoms with van der Waals surface area (Å²) >= 11 is 12.1. The fraction of sp³-hybridized carbons (Fsp3) is 0.417. The van der Waals surface area contributed by atoms with E-state index in [1.165, 1.54) is 30.3 Å². The van der Waals surface area contributed by atoms with E-state index in [1.807, 2.05) is 6.92 Å².